The van der Waals surface area contributed by atoms with E-state index in [-0.39, 0.29) is 16.3 Å². The zero-order chi connectivity index (χ0) is 26.6. The number of para-hydroxylation sites is 1. The van der Waals surface area contributed by atoms with Crippen LogP contribution >= 0.6 is 46.7 Å². The number of thiocarbonyl (C=S) groups is 1. The number of halogens is 1. The van der Waals surface area contributed by atoms with Gasteiger partial charge in [0, 0.05) is 34.4 Å². The molecule has 2 aromatic heterocycles. The first-order valence-electron chi connectivity index (χ1n) is 11.1. The largest absolute Gasteiger partial charge is 0.496 e. The number of amides is 1. The van der Waals surface area contributed by atoms with Gasteiger partial charge in [-0.3, -0.25) is 8.75 Å². The van der Waals surface area contributed by atoms with Crippen LogP contribution < -0.4 is 14.1 Å². The number of ether oxygens (including phenoxy) is 3. The summed E-state index contributed by atoms with van der Waals surface area (Å²) in [5, 5.41) is 2.19. The Morgan fingerprint density at radius 2 is 1.95 bits per heavy atom. The molecule has 1 unspecified atom stereocenters. The predicted molar refractivity (Wildman–Crippen MR) is 150 cm³/mol. The molecule has 0 bridgehead atoms. The van der Waals surface area contributed by atoms with E-state index in [1.807, 2.05) is 33.7 Å². The molecule has 0 saturated heterocycles. The number of nitrogens with zero attached hydrogens (tertiary/aromatic N) is 3. The van der Waals surface area contributed by atoms with Gasteiger partial charge in [-0.2, -0.15) is 4.99 Å². The molecule has 0 saturated carbocycles. The summed E-state index contributed by atoms with van der Waals surface area (Å²) < 4.78 is 19.7. The molecule has 2 aromatic carbocycles. The van der Waals surface area contributed by atoms with Crippen molar-refractivity contribution < 1.29 is 19.0 Å². The van der Waals surface area contributed by atoms with Crippen molar-refractivity contribution in [1.29, 1.82) is 0 Å². The van der Waals surface area contributed by atoms with Gasteiger partial charge < -0.3 is 14.2 Å². The molecular weight excluding hydrogens is 550 g/mol. The minimum atomic E-state index is -0.755. The average molecular weight is 574 g/mol. The Kier molecular flexibility index (Phi) is 8.43. The van der Waals surface area contributed by atoms with Gasteiger partial charge in [0.25, 0.3) is 5.91 Å². The molecule has 0 fully saturated rings. The molecule has 11 heteroatoms. The molecule has 192 valence electrons. The van der Waals surface area contributed by atoms with Crippen molar-refractivity contribution >= 4 is 57.8 Å². The lowest BCUT2D eigenvalue weighted by Gasteiger charge is -2.20. The van der Waals surface area contributed by atoms with Crippen molar-refractivity contribution in [3.05, 3.63) is 92.1 Å². The van der Waals surface area contributed by atoms with Crippen molar-refractivity contribution in [1.82, 2.24) is 8.94 Å². The molecule has 7 nitrogen and oxygen atoms in total. The normalized spacial score (nSPS) is 12.7. The zero-order valence-corrected chi connectivity index (χ0v) is 23.7. The predicted octanol–water partition coefficient (Wildman–Crippen LogP) is 6.63. The maximum atomic E-state index is 13.3. The summed E-state index contributed by atoms with van der Waals surface area (Å²) >= 11 is 14.3. The average Bonchev–Trinajstić information content (AvgIpc) is 3.54. The van der Waals surface area contributed by atoms with E-state index in [2.05, 4.69) is 30.7 Å². The van der Waals surface area contributed by atoms with E-state index in [1.165, 1.54) is 36.0 Å². The topological polar surface area (TPSA) is 74.9 Å². The van der Waals surface area contributed by atoms with Gasteiger partial charge in [-0.15, -0.1) is 11.3 Å². The minimum absolute atomic E-state index is 0.0773. The first-order valence-corrected chi connectivity index (χ1v) is 13.6. The number of benzene rings is 2. The molecule has 0 aliphatic carbocycles. The Morgan fingerprint density at radius 1 is 1.19 bits per heavy atom. The molecule has 0 aliphatic heterocycles. The highest BCUT2D eigenvalue weighted by atomic mass is 35.5. The molecule has 0 aliphatic rings. The number of carbonyl (C=O) groups excluding carboxylic acids is 1. The van der Waals surface area contributed by atoms with E-state index in [1.54, 1.807) is 29.8 Å². The molecule has 4 aromatic rings. The summed E-state index contributed by atoms with van der Waals surface area (Å²) in [4.78, 5) is 22.2. The van der Waals surface area contributed by atoms with E-state index in [4.69, 9.17) is 38.0 Å². The van der Waals surface area contributed by atoms with E-state index >= 15 is 0 Å². The second-order valence-corrected chi connectivity index (χ2v) is 11.3. The van der Waals surface area contributed by atoms with Crippen LogP contribution in [0.25, 0.3) is 0 Å². The summed E-state index contributed by atoms with van der Waals surface area (Å²) in [6, 6.07) is 13.9. The SMILES string of the molecule is COc1ccc(Cl)cc1C(=O)/N=c1\sn(C(C)(C)C)cc1C(OC(=S)Oc1ccccc1)c1cscn1. The third-order valence-electron chi connectivity index (χ3n) is 5.11. The highest BCUT2D eigenvalue weighted by Gasteiger charge is 2.27. The smallest absolute Gasteiger partial charge is 0.358 e. The maximum Gasteiger partial charge on any atom is 0.358 e. The van der Waals surface area contributed by atoms with Gasteiger partial charge >= 0.3 is 5.24 Å². The number of thiazole rings is 1. The summed E-state index contributed by atoms with van der Waals surface area (Å²) in [6.07, 6.45) is 1.15. The zero-order valence-electron chi connectivity index (χ0n) is 20.5. The van der Waals surface area contributed by atoms with Gasteiger partial charge in [-0.1, -0.05) is 29.8 Å². The lowest BCUT2D eigenvalue weighted by Crippen LogP contribution is -2.20. The molecule has 1 amide bonds. The van der Waals surface area contributed by atoms with Crippen molar-refractivity contribution in [3.8, 4) is 11.5 Å². The monoisotopic (exact) mass is 573 g/mol. The van der Waals surface area contributed by atoms with Crippen LogP contribution in [0.3, 0.4) is 0 Å². The Labute approximate surface area is 233 Å². The first kappa shape index (κ1) is 27.0. The van der Waals surface area contributed by atoms with Gasteiger partial charge in [0.15, 0.2) is 6.10 Å². The minimum Gasteiger partial charge on any atom is -0.496 e. The number of hydrogen-bond acceptors (Lipinski definition) is 8. The van der Waals surface area contributed by atoms with Crippen LogP contribution in [0.15, 0.2) is 70.6 Å². The molecule has 37 heavy (non-hydrogen) atoms. The molecule has 2 heterocycles. The van der Waals surface area contributed by atoms with Gasteiger partial charge in [0.2, 0.25) is 0 Å². The van der Waals surface area contributed by atoms with Crippen LogP contribution in [0.1, 0.15) is 48.5 Å². The maximum absolute atomic E-state index is 13.3. The number of carbonyl (C=O) groups is 1. The van der Waals surface area contributed by atoms with E-state index in [0.29, 0.717) is 32.4 Å². The van der Waals surface area contributed by atoms with Crippen molar-refractivity contribution in [2.75, 3.05) is 7.11 Å². The molecule has 1 atom stereocenters. The Hall–Kier alpha value is -3.05. The van der Waals surface area contributed by atoms with Crippen LogP contribution in [0.4, 0.5) is 0 Å². The Balaban J connectivity index is 1.79. The number of aromatic nitrogens is 2. The lowest BCUT2D eigenvalue weighted by atomic mass is 10.1. The Bertz CT molecular complexity index is 1460. The Morgan fingerprint density at radius 3 is 2.59 bits per heavy atom. The summed E-state index contributed by atoms with van der Waals surface area (Å²) in [5.41, 5.74) is 2.92. The second-order valence-electron chi connectivity index (χ2n) is 8.82. The summed E-state index contributed by atoms with van der Waals surface area (Å²) in [6.45, 7) is 6.17. The van der Waals surface area contributed by atoms with Crippen molar-refractivity contribution in [2.24, 2.45) is 4.99 Å². The number of methoxy groups -OCH3 is 1. The van der Waals surface area contributed by atoms with Crippen molar-refractivity contribution in [3.63, 3.8) is 0 Å². The fraction of sp³-hybridized carbons (Fsp3) is 0.231. The third-order valence-corrected chi connectivity index (χ3v) is 7.47. The standard InChI is InChI=1S/C26H24ClN3O4S3/c1-26(2,3)30-13-19(24(37-30)29-23(31)18-12-16(27)10-11-21(18)32-4)22(20-14-36-15-28-20)34-25(35)33-17-8-6-5-7-9-17/h5-15,22H,1-4H3/b29-24-. The highest BCUT2D eigenvalue weighted by molar-refractivity contribution is 7.79. The van der Waals surface area contributed by atoms with Gasteiger partial charge in [0.1, 0.15) is 16.2 Å². The van der Waals surface area contributed by atoms with E-state index in [0.717, 1.165) is 0 Å². The van der Waals surface area contributed by atoms with Crippen LogP contribution in [0, 0.1) is 0 Å². The highest BCUT2D eigenvalue weighted by Crippen LogP contribution is 2.29. The fourth-order valence-electron chi connectivity index (χ4n) is 3.29. The second kappa shape index (κ2) is 11.6. The lowest BCUT2D eigenvalue weighted by molar-refractivity contribution is 0.0995. The van der Waals surface area contributed by atoms with E-state index < -0.39 is 12.0 Å². The number of rotatable bonds is 6. The van der Waals surface area contributed by atoms with Gasteiger partial charge in [-0.05, 0) is 62.6 Å². The van der Waals surface area contributed by atoms with Gasteiger partial charge in [-0.25, -0.2) is 4.98 Å². The molecule has 0 N–H and O–H groups in total. The van der Waals surface area contributed by atoms with Crippen LogP contribution in [0.5, 0.6) is 11.5 Å². The van der Waals surface area contributed by atoms with Crippen LogP contribution in [0.2, 0.25) is 5.02 Å². The quantitative estimate of drug-likeness (QED) is 0.241. The van der Waals surface area contributed by atoms with Crippen LogP contribution in [-0.4, -0.2) is 27.2 Å². The fourth-order valence-corrected chi connectivity index (χ4v) is 5.24. The number of hydrogen-bond donors (Lipinski definition) is 0. The van der Waals surface area contributed by atoms with E-state index in [9.17, 15) is 4.79 Å². The molecule has 0 radical (unpaired) electrons. The van der Waals surface area contributed by atoms with Crippen molar-refractivity contribution in [2.45, 2.75) is 32.4 Å². The third kappa shape index (κ3) is 6.64. The first-order chi connectivity index (χ1) is 17.7. The van der Waals surface area contributed by atoms with Crippen LogP contribution in [-0.2, 0) is 10.3 Å². The molecule has 4 rings (SSSR count). The molecular formula is C26H24ClN3O4S3. The van der Waals surface area contributed by atoms with Gasteiger partial charge in [0.05, 0.1) is 29.4 Å². The summed E-state index contributed by atoms with van der Waals surface area (Å²) in [5.74, 6) is 0.432. The summed E-state index contributed by atoms with van der Waals surface area (Å²) in [7, 11) is 1.49. The molecule has 0 spiro atoms.